The first-order valence-electron chi connectivity index (χ1n) is 10.8. The summed E-state index contributed by atoms with van der Waals surface area (Å²) in [7, 11) is 0. The predicted octanol–water partition coefficient (Wildman–Crippen LogP) is 2.43. The summed E-state index contributed by atoms with van der Waals surface area (Å²) in [5, 5.41) is 15.2. The second kappa shape index (κ2) is 8.46. The largest absolute Gasteiger partial charge is 0.379 e. The zero-order chi connectivity index (χ0) is 22.1. The van der Waals surface area contributed by atoms with Crippen molar-refractivity contribution in [1.29, 1.82) is 0 Å². The maximum absolute atomic E-state index is 12.7. The minimum atomic E-state index is -1.46. The van der Waals surface area contributed by atoms with Crippen molar-refractivity contribution in [2.24, 2.45) is 0 Å². The van der Waals surface area contributed by atoms with E-state index in [1.54, 1.807) is 17.9 Å². The average molecular weight is 434 g/mol. The molecule has 1 atom stereocenters. The van der Waals surface area contributed by atoms with Crippen LogP contribution in [0, 0.1) is 0 Å². The van der Waals surface area contributed by atoms with Crippen LogP contribution in [0.25, 0.3) is 11.4 Å². The first-order valence-corrected chi connectivity index (χ1v) is 10.8. The third-order valence-corrected chi connectivity index (χ3v) is 5.98. The minimum Gasteiger partial charge on any atom is -0.379 e. The zero-order valence-electron chi connectivity index (χ0n) is 18.0. The van der Waals surface area contributed by atoms with Crippen LogP contribution in [0.3, 0.4) is 0 Å². The highest BCUT2D eigenvalue weighted by Crippen LogP contribution is 2.29. The van der Waals surface area contributed by atoms with Gasteiger partial charge in [-0.1, -0.05) is 41.6 Å². The molecule has 1 unspecified atom stereocenters. The Morgan fingerprint density at radius 2 is 1.94 bits per heavy atom. The van der Waals surface area contributed by atoms with Crippen molar-refractivity contribution in [2.75, 3.05) is 32.8 Å². The molecule has 0 spiro atoms. The van der Waals surface area contributed by atoms with Gasteiger partial charge in [0.15, 0.2) is 5.60 Å². The van der Waals surface area contributed by atoms with Gasteiger partial charge in [0.1, 0.15) is 0 Å². The standard InChI is InChI=1S/C24H26N4O4/c1-24(30,16-28-15-19-6-2-3-8-20(19)22(28)29)23-25-21(26-32-23)18-7-4-5-17(13-18)14-27-9-11-31-12-10-27/h2-8,13,30H,9-12,14-16H2,1H3. The van der Waals surface area contributed by atoms with E-state index in [2.05, 4.69) is 21.1 Å². The fourth-order valence-electron chi connectivity index (χ4n) is 4.27. The third-order valence-electron chi connectivity index (χ3n) is 5.98. The number of hydrogen-bond donors (Lipinski definition) is 1. The lowest BCUT2D eigenvalue weighted by molar-refractivity contribution is -0.00754. The van der Waals surface area contributed by atoms with E-state index < -0.39 is 5.60 Å². The number of rotatable bonds is 6. The molecule has 5 rings (SSSR count). The molecule has 1 fully saturated rings. The number of β-amino-alcohol motifs (C(OH)–C–C–N with tert-alkyl or cyclic N) is 1. The van der Waals surface area contributed by atoms with Crippen LogP contribution in [0.2, 0.25) is 0 Å². The topological polar surface area (TPSA) is 91.9 Å². The van der Waals surface area contributed by atoms with Gasteiger partial charge in [0, 0.05) is 37.3 Å². The van der Waals surface area contributed by atoms with Gasteiger partial charge in [-0.25, -0.2) is 0 Å². The van der Waals surface area contributed by atoms with Crippen molar-refractivity contribution in [3.05, 3.63) is 71.1 Å². The molecule has 1 amide bonds. The number of carbonyl (C=O) groups is 1. The minimum absolute atomic E-state index is 0.0687. The van der Waals surface area contributed by atoms with Crippen LogP contribution >= 0.6 is 0 Å². The summed E-state index contributed by atoms with van der Waals surface area (Å²) >= 11 is 0. The molecule has 32 heavy (non-hydrogen) atoms. The van der Waals surface area contributed by atoms with E-state index in [9.17, 15) is 9.90 Å². The second-order valence-corrected chi connectivity index (χ2v) is 8.60. The van der Waals surface area contributed by atoms with Gasteiger partial charge in [-0.15, -0.1) is 0 Å². The van der Waals surface area contributed by atoms with Crippen LogP contribution in [0.15, 0.2) is 53.1 Å². The van der Waals surface area contributed by atoms with Crippen LogP contribution < -0.4 is 0 Å². The van der Waals surface area contributed by atoms with Crippen molar-refractivity contribution in [3.63, 3.8) is 0 Å². The summed E-state index contributed by atoms with van der Waals surface area (Å²) in [6.45, 7) is 6.29. The van der Waals surface area contributed by atoms with Gasteiger partial charge in [0.05, 0.1) is 19.8 Å². The van der Waals surface area contributed by atoms with Gasteiger partial charge < -0.3 is 19.3 Å². The van der Waals surface area contributed by atoms with E-state index in [1.807, 2.05) is 36.4 Å². The highest BCUT2D eigenvalue weighted by atomic mass is 16.5. The number of aliphatic hydroxyl groups is 1. The zero-order valence-corrected chi connectivity index (χ0v) is 18.0. The van der Waals surface area contributed by atoms with Gasteiger partial charge >= 0.3 is 0 Å². The molecule has 0 radical (unpaired) electrons. The summed E-state index contributed by atoms with van der Waals surface area (Å²) in [6, 6.07) is 15.5. The normalized spacial score (nSPS) is 18.6. The Labute approximate surface area is 186 Å². The lowest BCUT2D eigenvalue weighted by Crippen LogP contribution is -2.39. The first kappa shape index (κ1) is 20.8. The Kier molecular flexibility index (Phi) is 5.50. The molecule has 2 aliphatic rings. The maximum atomic E-state index is 12.7. The van der Waals surface area contributed by atoms with Gasteiger partial charge in [-0.3, -0.25) is 9.69 Å². The number of fused-ring (bicyclic) bond motifs is 1. The summed E-state index contributed by atoms with van der Waals surface area (Å²) in [5.41, 5.74) is 2.14. The summed E-state index contributed by atoms with van der Waals surface area (Å²) in [6.07, 6.45) is 0. The van der Waals surface area contributed by atoms with E-state index in [1.165, 1.54) is 0 Å². The number of aromatic nitrogens is 2. The van der Waals surface area contributed by atoms with Crippen molar-refractivity contribution in [2.45, 2.75) is 25.6 Å². The van der Waals surface area contributed by atoms with Crippen molar-refractivity contribution in [3.8, 4) is 11.4 Å². The molecule has 1 N–H and O–H groups in total. The lowest BCUT2D eigenvalue weighted by atomic mass is 10.1. The fraction of sp³-hybridized carbons (Fsp3) is 0.375. The van der Waals surface area contributed by atoms with E-state index in [4.69, 9.17) is 9.26 Å². The third kappa shape index (κ3) is 4.17. The molecule has 3 aromatic rings. The highest BCUT2D eigenvalue weighted by molar-refractivity contribution is 5.98. The Morgan fingerprint density at radius 1 is 1.12 bits per heavy atom. The monoisotopic (exact) mass is 434 g/mol. The van der Waals surface area contributed by atoms with E-state index in [0.29, 0.717) is 17.9 Å². The average Bonchev–Trinajstić information content (AvgIpc) is 3.41. The number of morpholine rings is 1. The number of benzene rings is 2. The van der Waals surface area contributed by atoms with Gasteiger partial charge in [0.25, 0.3) is 11.8 Å². The van der Waals surface area contributed by atoms with Crippen LogP contribution in [-0.4, -0.2) is 63.8 Å². The van der Waals surface area contributed by atoms with Crippen LogP contribution in [0.5, 0.6) is 0 Å². The number of amides is 1. The molecule has 0 saturated carbocycles. The SMILES string of the molecule is CC(O)(CN1Cc2ccccc2C1=O)c1nc(-c2cccc(CN3CCOCC3)c2)no1. The molecule has 1 saturated heterocycles. The van der Waals surface area contributed by atoms with Crippen molar-refractivity contribution >= 4 is 5.91 Å². The Hall–Kier alpha value is -3.07. The van der Waals surface area contributed by atoms with E-state index in [-0.39, 0.29) is 18.3 Å². The maximum Gasteiger partial charge on any atom is 0.260 e. The summed E-state index contributed by atoms with van der Waals surface area (Å²) < 4.78 is 10.8. The number of nitrogens with zero attached hydrogens (tertiary/aromatic N) is 4. The molecule has 2 aromatic carbocycles. The second-order valence-electron chi connectivity index (χ2n) is 8.60. The first-order chi connectivity index (χ1) is 15.5. The Balaban J connectivity index is 1.30. The van der Waals surface area contributed by atoms with Crippen LogP contribution in [0.4, 0.5) is 0 Å². The molecule has 166 valence electrons. The molecule has 2 aliphatic heterocycles. The van der Waals surface area contributed by atoms with Gasteiger partial charge in [0.2, 0.25) is 5.82 Å². The molecule has 0 bridgehead atoms. The molecule has 0 aliphatic carbocycles. The Bertz CT molecular complexity index is 1120. The highest BCUT2D eigenvalue weighted by Gasteiger charge is 2.37. The smallest absolute Gasteiger partial charge is 0.260 e. The van der Waals surface area contributed by atoms with E-state index in [0.717, 1.165) is 49.5 Å². The van der Waals surface area contributed by atoms with Crippen molar-refractivity contribution < 1.29 is 19.2 Å². The van der Waals surface area contributed by atoms with E-state index >= 15 is 0 Å². The summed E-state index contributed by atoms with van der Waals surface area (Å²) in [4.78, 5) is 21.1. The quantitative estimate of drug-likeness (QED) is 0.637. The molecule has 1 aromatic heterocycles. The molecule has 8 heteroatoms. The molecular weight excluding hydrogens is 408 g/mol. The van der Waals surface area contributed by atoms with Crippen LogP contribution in [0.1, 0.15) is 34.3 Å². The fourth-order valence-corrected chi connectivity index (χ4v) is 4.27. The Morgan fingerprint density at radius 3 is 2.75 bits per heavy atom. The lowest BCUT2D eigenvalue weighted by Gasteiger charge is -2.26. The number of hydrogen-bond acceptors (Lipinski definition) is 7. The molecule has 3 heterocycles. The van der Waals surface area contributed by atoms with Crippen LogP contribution in [-0.2, 0) is 23.4 Å². The van der Waals surface area contributed by atoms with Gasteiger partial charge in [-0.05, 0) is 30.2 Å². The van der Waals surface area contributed by atoms with Gasteiger partial charge in [-0.2, -0.15) is 4.98 Å². The number of ether oxygens (including phenoxy) is 1. The van der Waals surface area contributed by atoms with Crippen molar-refractivity contribution in [1.82, 2.24) is 19.9 Å². The summed E-state index contributed by atoms with van der Waals surface area (Å²) in [5.74, 6) is 0.409. The predicted molar refractivity (Wildman–Crippen MR) is 117 cm³/mol. The number of carbonyl (C=O) groups excluding carboxylic acids is 1. The molecule has 8 nitrogen and oxygen atoms in total. The molecular formula is C24H26N4O4.